The molecule has 8 aromatic carbocycles. The van der Waals surface area contributed by atoms with Crippen LogP contribution in [-0.2, 0) is 33.6 Å². The summed E-state index contributed by atoms with van der Waals surface area (Å²) >= 11 is 2.78. The van der Waals surface area contributed by atoms with E-state index in [4.69, 9.17) is 28.4 Å². The molecule has 0 radical (unpaired) electrons. The Balaban J connectivity index is 0.000000200. The number of imidazole rings is 2. The summed E-state index contributed by atoms with van der Waals surface area (Å²) in [6.45, 7) is 14.9. The van der Waals surface area contributed by atoms with Crippen molar-refractivity contribution in [2.45, 2.75) is 67.0 Å². The Kier molecular flexibility index (Phi) is 39.2. The summed E-state index contributed by atoms with van der Waals surface area (Å²) in [5.41, 5.74) is 15.9. The minimum atomic E-state index is -1.03. The molecule has 133 heavy (non-hydrogen) atoms. The number of ketones is 2. The summed E-state index contributed by atoms with van der Waals surface area (Å²) in [5, 5.41) is 33.9. The zero-order valence-electron chi connectivity index (χ0n) is 72.6. The molecule has 31 nitrogen and oxygen atoms in total. The number of piperazine rings is 2. The third-order valence-corrected chi connectivity index (χ3v) is 22.8. The molecule has 0 unspecified atom stereocenters. The number of amides is 6. The van der Waals surface area contributed by atoms with Crippen molar-refractivity contribution in [1.29, 1.82) is 0 Å². The molecule has 19 rings (SSSR count). The van der Waals surface area contributed by atoms with Gasteiger partial charge in [-0.15, -0.1) is 22.7 Å². The van der Waals surface area contributed by atoms with Crippen molar-refractivity contribution in [2.75, 3.05) is 118 Å². The second-order valence-electron chi connectivity index (χ2n) is 29.6. The number of alkyl halides is 1. The molecule has 39 heteroatoms. The third kappa shape index (κ3) is 27.0. The van der Waals surface area contributed by atoms with Gasteiger partial charge in [-0.3, -0.25) is 76.4 Å². The fourth-order valence-electron chi connectivity index (χ4n) is 14.6. The van der Waals surface area contributed by atoms with E-state index in [9.17, 15) is 69.9 Å². The number of hydrogen-bond acceptors (Lipinski definition) is 23. The second kappa shape index (κ2) is 50.4. The molecule has 4 aromatic heterocycles. The number of aromatic nitrogens is 6. The molecule has 0 saturated carbocycles. The number of nitrogens with zero attached hydrogens (tertiary/aromatic N) is 14. The topological polar surface area (TPSA) is 393 Å². The van der Waals surface area contributed by atoms with Gasteiger partial charge in [0.15, 0.2) is 21.6 Å². The number of aliphatic hydroxyl groups excluding tert-OH is 1. The largest absolute Gasteiger partial charge is 1.00 e. The number of aliphatic hydroxyl groups is 1. The number of benzene rings is 8. The molecule has 0 atom stereocenters. The Labute approximate surface area is 796 Å². The summed E-state index contributed by atoms with van der Waals surface area (Å²) < 4.78 is 70.2. The van der Waals surface area contributed by atoms with Crippen LogP contribution in [0.1, 0.15) is 115 Å². The first kappa shape index (κ1) is 103. The molecule has 0 spiro atoms. The number of carboxylic acid groups (broad SMARTS) is 1. The maximum absolute atomic E-state index is 13.3. The van der Waals surface area contributed by atoms with Crippen LogP contribution in [0.3, 0.4) is 0 Å². The summed E-state index contributed by atoms with van der Waals surface area (Å²) in [4.78, 5) is 150. The Bertz CT molecular complexity index is 5760. The van der Waals surface area contributed by atoms with E-state index in [2.05, 4.69) is 40.4 Å². The Morgan fingerprint density at radius 2 is 0.857 bits per heavy atom. The molecule has 8 N–H and O–H groups in total. The van der Waals surface area contributed by atoms with E-state index in [0.29, 0.717) is 98.6 Å². The van der Waals surface area contributed by atoms with Gasteiger partial charge in [0.2, 0.25) is 17.7 Å². The molecule has 6 amide bonds. The SMILES string of the molecule is C.C.CC(=O)c1ccc(Nc2ccc(F)cc2)c(N)c1.CC(=O)c1ccc2c(c1)CC(=O)N2c1ccc(F)cc1.CCO.O=C(O)c1ccc2c(c1)CC(=O)N2c1ccc(F)cc1.O=C(c1ccc2c(c1)CC(=O)N2c1ccc(F)cc1)N1CC(N2CCN(C(=O)c3nccs3)CC2)C1.O=C(c1nccs1)N1CCN(C2CNC2)CC1.O=C(n1ccnc1)n1ccnc1.[2H]CF.[NH-]O.[Na+]. The van der Waals surface area contributed by atoms with Crippen LogP contribution in [0.2, 0.25) is 0 Å². The number of thiazole rings is 2. The number of halogens is 5. The number of carbonyl (C=O) groups excluding carboxylic acids is 9. The van der Waals surface area contributed by atoms with Crippen molar-refractivity contribution < 1.29 is 116 Å². The number of anilines is 9. The number of Topliss-reactive ketones (excluding diaryl/α,β-unsaturated/α-hetero) is 2. The van der Waals surface area contributed by atoms with Crippen LogP contribution in [0.25, 0.3) is 5.90 Å². The standard InChI is InChI=1S/C26H24FN5O3S.C16H12FNO2.C15H10FNO3.C14H13FN2O.C11H16N4OS.C7H6N4O.C2H6O.CH3F.2CH4.H2NO.Na/c27-19-2-4-20(5-3-19)32-22-6-1-17(13-18(22)14-23(32)33)25(34)31-15-21(16-31)29-8-10-30(11-9-29)26(35)24-28-7-12-36-24;1-10(19)11-2-7-15-12(8-11)9-16(20)18(15)14-5-3-13(17)4-6-14;16-11-2-4-12(5-3-11)17-13-6-1-9(15(19)20)7-10(13)8-14(17)18;1-9(18)10-2-7-14(13(16)8-10)17-12-5-3-11(15)4-6-12;16-11(10-13-1-6-17-10)15-4-2-14(3-5-15)9-7-12-8-9;12-7(10-3-1-8-5-10)11-4-2-9-6-11;1-2-3;1-2;;;1-2;/h1-7,12-13,21H,8-11,14-16H2;2-8H,9H2,1H3;1-7H,8H2,(H,19,20);2-8,17H,16H2,1H3;1,6,9,12H,2-5,7-8H2;1-6H;3H,2H2,1H3;1H3;2*1H4;1-2H;/q;;;;;;;;;;-1;+1/i;;;;;;;1D;;;;. The number of carboxylic acids is 1. The first-order valence-electron chi connectivity index (χ1n) is 41.3. The number of nitrogen functional groups attached to an aromatic ring is 1. The van der Waals surface area contributed by atoms with Crippen LogP contribution < -0.4 is 60.6 Å². The monoisotopic (exact) mass is 1870 g/mol. The van der Waals surface area contributed by atoms with Gasteiger partial charge in [-0.25, -0.2) is 47.1 Å². The van der Waals surface area contributed by atoms with Gasteiger partial charge in [-0.05, 0) is 207 Å². The summed E-state index contributed by atoms with van der Waals surface area (Å²) in [6.07, 6.45) is 13.1. The number of hydrogen-bond donors (Lipinski definition) is 6. The molecule has 4 fully saturated rings. The number of rotatable bonds is 13. The van der Waals surface area contributed by atoms with Gasteiger partial charge < -0.3 is 52.4 Å². The zero-order chi connectivity index (χ0) is 94.0. The van der Waals surface area contributed by atoms with E-state index in [-0.39, 0.29) is 158 Å². The first-order chi connectivity index (χ1) is 63.2. The van der Waals surface area contributed by atoms with Gasteiger partial charge in [-0.1, -0.05) is 14.9 Å². The predicted molar refractivity (Wildman–Crippen MR) is 494 cm³/mol. The number of carbonyl (C=O) groups is 10. The average molecular weight is 1870 g/mol. The van der Waals surface area contributed by atoms with Crippen molar-refractivity contribution in [3.63, 3.8) is 0 Å². The first-order valence-corrected chi connectivity index (χ1v) is 42.3. The van der Waals surface area contributed by atoms with Crippen LogP contribution in [0.4, 0.5) is 77.9 Å². The second-order valence-corrected chi connectivity index (χ2v) is 31.4. The van der Waals surface area contributed by atoms with Crippen LogP contribution in [-0.4, -0.2) is 232 Å². The quantitative estimate of drug-likeness (QED) is 0.0205. The fourth-order valence-corrected chi connectivity index (χ4v) is 15.8. The molecule has 692 valence electrons. The Hall–Kier alpha value is -13.3. The minimum absolute atomic E-state index is 0. The van der Waals surface area contributed by atoms with Gasteiger partial charge >= 0.3 is 41.6 Å². The van der Waals surface area contributed by atoms with Crippen molar-refractivity contribution in [1.82, 2.24) is 58.9 Å². The van der Waals surface area contributed by atoms with Gasteiger partial charge in [0, 0.05) is 185 Å². The van der Waals surface area contributed by atoms with Gasteiger partial charge in [-0.2, -0.15) is 0 Å². The Morgan fingerprint density at radius 3 is 1.20 bits per heavy atom. The van der Waals surface area contributed by atoms with Crippen molar-refractivity contribution in [3.8, 4) is 0 Å². The maximum atomic E-state index is 13.3. The zero-order valence-corrected chi connectivity index (χ0v) is 75.2. The number of fused-ring (bicyclic) bond motifs is 3. The van der Waals surface area contributed by atoms with E-state index in [1.165, 1.54) is 136 Å². The molecule has 11 heterocycles. The van der Waals surface area contributed by atoms with Crippen molar-refractivity contribution >= 4 is 133 Å². The summed E-state index contributed by atoms with van der Waals surface area (Å²) in [6, 6.07) is 44.2. The Morgan fingerprint density at radius 1 is 0.504 bits per heavy atom. The molecule has 7 aliphatic heterocycles. The van der Waals surface area contributed by atoms with Crippen LogP contribution in [0, 0.1) is 23.3 Å². The summed E-state index contributed by atoms with van der Waals surface area (Å²) in [7, 11) is -1.00. The molecule has 7 aliphatic rings. The average Bonchev–Trinajstić information content (AvgIpc) is 1.66. The van der Waals surface area contributed by atoms with E-state index < -0.39 is 13.1 Å². The van der Waals surface area contributed by atoms with Gasteiger partial charge in [0.05, 0.1) is 61.8 Å². The number of aromatic carboxylic acids is 1. The fraction of sp³-hybridized carbons (Fsp3) is 0.255. The third-order valence-electron chi connectivity index (χ3n) is 21.3. The minimum Gasteiger partial charge on any atom is -0.553 e. The van der Waals surface area contributed by atoms with Gasteiger partial charge in [0.1, 0.15) is 35.9 Å². The molecule has 4 saturated heterocycles. The van der Waals surface area contributed by atoms with E-state index in [1.54, 1.807) is 151 Å². The normalized spacial score (nSPS) is 14.5. The molecular formula is C94H100F5N18NaO13S2. The van der Waals surface area contributed by atoms with Gasteiger partial charge in [0.25, 0.3) is 17.7 Å². The van der Waals surface area contributed by atoms with Crippen LogP contribution >= 0.6 is 22.7 Å². The smallest absolute Gasteiger partial charge is 0.553 e. The van der Waals surface area contributed by atoms with Crippen LogP contribution in [0.15, 0.2) is 230 Å². The molecule has 0 bridgehead atoms. The number of nitrogens with one attached hydrogen (secondary N) is 3. The summed E-state index contributed by atoms with van der Waals surface area (Å²) in [5.74, 6) is 2.00. The van der Waals surface area contributed by atoms with Crippen molar-refractivity contribution in [2.24, 2.45) is 0 Å². The van der Waals surface area contributed by atoms with Crippen LogP contribution in [0.5, 0.6) is 0 Å². The molecule has 12 aromatic rings. The molecular weight excluding hydrogens is 1770 g/mol. The van der Waals surface area contributed by atoms with E-state index >= 15 is 0 Å². The molecule has 0 aliphatic carbocycles. The van der Waals surface area contributed by atoms with E-state index in [0.717, 1.165) is 80.5 Å². The number of likely N-dealkylation sites (tertiary alicyclic amines) is 1. The predicted octanol–water partition coefficient (Wildman–Crippen LogP) is 11.9. The number of nitrogens with two attached hydrogens (primary N) is 1. The maximum Gasteiger partial charge on any atom is 1.00 e. The van der Waals surface area contributed by atoms with E-state index in [1.807, 2.05) is 25.5 Å². The van der Waals surface area contributed by atoms with Crippen molar-refractivity contribution in [3.05, 3.63) is 309 Å².